The first-order valence-electron chi connectivity index (χ1n) is 8.55. The van der Waals surface area contributed by atoms with Crippen LogP contribution in [0.15, 0.2) is 54.6 Å². The second-order valence-electron chi connectivity index (χ2n) is 6.94. The van der Waals surface area contributed by atoms with Crippen molar-refractivity contribution in [1.82, 2.24) is 4.90 Å². The summed E-state index contributed by atoms with van der Waals surface area (Å²) in [5.74, 6) is 1.52. The van der Waals surface area contributed by atoms with Gasteiger partial charge < -0.3 is 10.2 Å². The minimum Gasteiger partial charge on any atom is -0.324 e. The minimum atomic E-state index is -0.296. The van der Waals surface area contributed by atoms with E-state index in [0.717, 1.165) is 25.9 Å². The summed E-state index contributed by atoms with van der Waals surface area (Å²) < 4.78 is 12.9. The van der Waals surface area contributed by atoms with Gasteiger partial charge in [0.2, 0.25) is 0 Å². The molecule has 0 bridgehead atoms. The fourth-order valence-corrected chi connectivity index (χ4v) is 4.20. The fraction of sp³-hybridized carbons (Fsp3) is 0.350. The van der Waals surface area contributed by atoms with Gasteiger partial charge in [-0.05, 0) is 60.4 Å². The molecule has 2 aromatic carbocycles. The zero-order chi connectivity index (χ0) is 16.5. The molecule has 0 spiro atoms. The van der Waals surface area contributed by atoms with Crippen molar-refractivity contribution in [1.29, 1.82) is 0 Å². The Morgan fingerprint density at radius 1 is 0.958 bits per heavy atom. The van der Waals surface area contributed by atoms with Gasteiger partial charge in [-0.15, -0.1) is 0 Å². The third-order valence-corrected chi connectivity index (χ3v) is 5.40. The number of anilines is 1. The van der Waals surface area contributed by atoms with Crippen LogP contribution in [0.2, 0.25) is 0 Å². The van der Waals surface area contributed by atoms with Gasteiger partial charge in [0, 0.05) is 18.8 Å². The summed E-state index contributed by atoms with van der Waals surface area (Å²) in [5, 5.41) is 2.86. The summed E-state index contributed by atoms with van der Waals surface area (Å²) in [5.41, 5.74) is 2.06. The van der Waals surface area contributed by atoms with Crippen LogP contribution in [0.25, 0.3) is 0 Å². The number of carbonyl (C=O) groups is 1. The van der Waals surface area contributed by atoms with Crippen LogP contribution in [0.3, 0.4) is 0 Å². The molecule has 4 rings (SSSR count). The number of hydrogen-bond acceptors (Lipinski definition) is 1. The Labute approximate surface area is 141 Å². The van der Waals surface area contributed by atoms with Crippen LogP contribution in [-0.4, -0.2) is 24.0 Å². The monoisotopic (exact) mass is 324 g/mol. The second-order valence-corrected chi connectivity index (χ2v) is 6.94. The topological polar surface area (TPSA) is 32.3 Å². The third kappa shape index (κ3) is 3.01. The Balaban J connectivity index is 1.35. The Bertz CT molecular complexity index is 702. The Morgan fingerprint density at radius 3 is 2.21 bits per heavy atom. The molecule has 1 saturated heterocycles. The average molecular weight is 324 g/mol. The average Bonchev–Trinajstić information content (AvgIpc) is 3.17. The fourth-order valence-electron chi connectivity index (χ4n) is 4.20. The molecule has 2 fully saturated rings. The molecule has 2 aliphatic rings. The lowest BCUT2D eigenvalue weighted by atomic mass is 9.96. The Morgan fingerprint density at radius 2 is 1.58 bits per heavy atom. The van der Waals surface area contributed by atoms with E-state index in [2.05, 4.69) is 35.6 Å². The van der Waals surface area contributed by atoms with Gasteiger partial charge in [0.1, 0.15) is 5.82 Å². The summed E-state index contributed by atoms with van der Waals surface area (Å²) in [6, 6.07) is 16.5. The van der Waals surface area contributed by atoms with Gasteiger partial charge in [0.25, 0.3) is 0 Å². The van der Waals surface area contributed by atoms with E-state index in [-0.39, 0.29) is 11.8 Å². The van der Waals surface area contributed by atoms with Crippen molar-refractivity contribution in [3.8, 4) is 0 Å². The normalized spacial score (nSPS) is 25.5. The lowest BCUT2D eigenvalue weighted by Gasteiger charge is -2.20. The Kier molecular flexibility index (Phi) is 3.97. The van der Waals surface area contributed by atoms with Crippen LogP contribution in [0, 0.1) is 17.7 Å². The first-order chi connectivity index (χ1) is 11.7. The maximum atomic E-state index is 12.9. The van der Waals surface area contributed by atoms with E-state index in [1.54, 1.807) is 12.1 Å². The molecular weight excluding hydrogens is 303 g/mol. The number of likely N-dealkylation sites (tertiary alicyclic amines) is 1. The lowest BCUT2D eigenvalue weighted by molar-refractivity contribution is 0.218. The number of halogens is 1. The molecule has 124 valence electrons. The van der Waals surface area contributed by atoms with Crippen molar-refractivity contribution in [3.63, 3.8) is 0 Å². The first-order valence-corrected chi connectivity index (χ1v) is 8.55. The summed E-state index contributed by atoms with van der Waals surface area (Å²) >= 11 is 0. The highest BCUT2D eigenvalue weighted by molar-refractivity contribution is 5.89. The summed E-state index contributed by atoms with van der Waals surface area (Å²) in [6.45, 7) is 1.64. The van der Waals surface area contributed by atoms with Crippen molar-refractivity contribution in [3.05, 3.63) is 66.0 Å². The van der Waals surface area contributed by atoms with Crippen LogP contribution < -0.4 is 5.32 Å². The van der Waals surface area contributed by atoms with Gasteiger partial charge in [0.15, 0.2) is 0 Å². The largest absolute Gasteiger partial charge is 0.324 e. The summed E-state index contributed by atoms with van der Waals surface area (Å²) in [7, 11) is 0. The number of hydrogen-bond donors (Lipinski definition) is 1. The van der Waals surface area contributed by atoms with E-state index in [9.17, 15) is 9.18 Å². The van der Waals surface area contributed by atoms with E-state index in [1.807, 2.05) is 4.90 Å². The lowest BCUT2D eigenvalue weighted by Crippen LogP contribution is -2.33. The third-order valence-electron chi connectivity index (χ3n) is 5.40. The molecule has 1 N–H and O–H groups in total. The molecule has 1 heterocycles. The predicted octanol–water partition coefficient (Wildman–Crippen LogP) is 4.48. The zero-order valence-corrected chi connectivity index (χ0v) is 13.5. The predicted molar refractivity (Wildman–Crippen MR) is 92.4 cm³/mol. The van der Waals surface area contributed by atoms with Crippen LogP contribution in [-0.2, 0) is 0 Å². The van der Waals surface area contributed by atoms with E-state index in [0.29, 0.717) is 23.4 Å². The van der Waals surface area contributed by atoms with Gasteiger partial charge in [-0.2, -0.15) is 0 Å². The summed E-state index contributed by atoms with van der Waals surface area (Å²) in [4.78, 5) is 14.3. The van der Waals surface area contributed by atoms with Crippen molar-refractivity contribution in [2.45, 2.75) is 18.8 Å². The first kappa shape index (κ1) is 15.2. The molecule has 24 heavy (non-hydrogen) atoms. The molecule has 3 nitrogen and oxygen atoms in total. The Hall–Kier alpha value is -2.36. The number of amides is 2. The van der Waals surface area contributed by atoms with Gasteiger partial charge >= 0.3 is 6.03 Å². The van der Waals surface area contributed by atoms with Crippen molar-refractivity contribution >= 4 is 11.7 Å². The van der Waals surface area contributed by atoms with Crippen molar-refractivity contribution < 1.29 is 9.18 Å². The smallest absolute Gasteiger partial charge is 0.321 e. The molecule has 1 unspecified atom stereocenters. The van der Waals surface area contributed by atoms with Crippen LogP contribution in [0.4, 0.5) is 14.9 Å². The molecular formula is C20H21FN2O. The standard InChI is InChI=1S/C20H21FN2O/c21-18-6-8-19(9-7-18)22-20(24)23-12-16-10-15(11-17(16)13-23)14-4-2-1-3-5-14/h1-9,15-17H,10-13H2,(H,22,24)/t15?,16-,17+. The quantitative estimate of drug-likeness (QED) is 0.868. The number of fused-ring (bicyclic) bond motifs is 1. The number of rotatable bonds is 2. The minimum absolute atomic E-state index is 0.0766. The van der Waals surface area contributed by atoms with E-state index in [1.165, 1.54) is 17.7 Å². The SMILES string of the molecule is O=C(Nc1ccc(F)cc1)N1C[C@H]2CC(c3ccccc3)C[C@H]2C1. The van der Waals surface area contributed by atoms with Gasteiger partial charge in [0.05, 0.1) is 0 Å². The van der Waals surface area contributed by atoms with Gasteiger partial charge in [-0.25, -0.2) is 9.18 Å². The van der Waals surface area contributed by atoms with E-state index in [4.69, 9.17) is 0 Å². The summed E-state index contributed by atoms with van der Waals surface area (Å²) in [6.07, 6.45) is 2.32. The second kappa shape index (κ2) is 6.27. The molecule has 1 saturated carbocycles. The number of nitrogens with one attached hydrogen (secondary N) is 1. The van der Waals surface area contributed by atoms with Gasteiger partial charge in [-0.3, -0.25) is 0 Å². The van der Waals surface area contributed by atoms with Crippen LogP contribution >= 0.6 is 0 Å². The molecule has 2 amide bonds. The van der Waals surface area contributed by atoms with Crippen LogP contribution in [0.1, 0.15) is 24.3 Å². The molecule has 0 radical (unpaired) electrons. The number of nitrogens with zero attached hydrogens (tertiary/aromatic N) is 1. The highest BCUT2D eigenvalue weighted by atomic mass is 19.1. The molecule has 1 aliphatic heterocycles. The van der Waals surface area contributed by atoms with E-state index >= 15 is 0 Å². The molecule has 2 aromatic rings. The molecule has 1 aliphatic carbocycles. The number of carbonyl (C=O) groups excluding carboxylic acids is 1. The number of benzene rings is 2. The van der Waals surface area contributed by atoms with Crippen molar-refractivity contribution in [2.75, 3.05) is 18.4 Å². The molecule has 0 aromatic heterocycles. The highest BCUT2D eigenvalue weighted by Crippen LogP contribution is 2.46. The molecule has 4 heteroatoms. The van der Waals surface area contributed by atoms with Crippen LogP contribution in [0.5, 0.6) is 0 Å². The number of urea groups is 1. The maximum absolute atomic E-state index is 12.9. The van der Waals surface area contributed by atoms with E-state index < -0.39 is 0 Å². The molecule has 3 atom stereocenters. The zero-order valence-electron chi connectivity index (χ0n) is 13.5. The highest BCUT2D eigenvalue weighted by Gasteiger charge is 2.42. The van der Waals surface area contributed by atoms with Gasteiger partial charge in [-0.1, -0.05) is 30.3 Å². The maximum Gasteiger partial charge on any atom is 0.321 e. The van der Waals surface area contributed by atoms with Crippen molar-refractivity contribution in [2.24, 2.45) is 11.8 Å².